The Kier molecular flexibility index (Phi) is 5.48. The number of carboxylic acid groups (broad SMARTS) is 1. The van der Waals surface area contributed by atoms with Crippen LogP contribution in [0.25, 0.3) is 16.6 Å². The fourth-order valence-electron chi connectivity index (χ4n) is 4.34. The number of benzene rings is 2. The Bertz CT molecular complexity index is 1170. The maximum atomic E-state index is 13.8. The molecular weight excluding hydrogens is 421 g/mol. The highest BCUT2D eigenvalue weighted by molar-refractivity contribution is 5.98. The van der Waals surface area contributed by atoms with Crippen molar-refractivity contribution in [3.63, 3.8) is 0 Å². The van der Waals surface area contributed by atoms with Crippen LogP contribution in [0.4, 0.5) is 13.2 Å². The van der Waals surface area contributed by atoms with Crippen LogP contribution in [0.3, 0.4) is 0 Å². The zero-order valence-corrected chi connectivity index (χ0v) is 17.4. The molecule has 0 saturated heterocycles. The lowest BCUT2D eigenvalue weighted by atomic mass is 9.77. The van der Waals surface area contributed by atoms with E-state index >= 15 is 0 Å². The van der Waals surface area contributed by atoms with Gasteiger partial charge in [0.05, 0.1) is 16.8 Å². The Labute approximate surface area is 182 Å². The van der Waals surface area contributed by atoms with Gasteiger partial charge in [-0.1, -0.05) is 25.1 Å². The summed E-state index contributed by atoms with van der Waals surface area (Å²) in [6, 6.07) is 11.8. The molecule has 2 N–H and O–H groups in total. The van der Waals surface area contributed by atoms with E-state index in [1.807, 2.05) is 6.92 Å². The number of amides is 1. The number of carbonyl (C=O) groups is 2. The van der Waals surface area contributed by atoms with Crippen LogP contribution in [0.2, 0.25) is 0 Å². The first-order valence-corrected chi connectivity index (χ1v) is 10.4. The molecule has 1 amide bonds. The standard InChI is InChI=1S/C24H23F3N2O3/c1-15-8-11-23(12-9-15,22(31)32)28-21(30)17-6-7-18(24(25,26)27)20(14-17)29-13-10-16-4-2-3-5-19(16)29/h2-7,10,13-15H,8-9,11-12H2,1H3,(H,28,30)(H,31,32). The summed E-state index contributed by atoms with van der Waals surface area (Å²) in [7, 11) is 0. The second-order valence-corrected chi connectivity index (χ2v) is 8.50. The van der Waals surface area contributed by atoms with Gasteiger partial charge in [-0.2, -0.15) is 13.2 Å². The second kappa shape index (κ2) is 8.00. The molecule has 0 aliphatic heterocycles. The number of aromatic nitrogens is 1. The van der Waals surface area contributed by atoms with Gasteiger partial charge in [0, 0.05) is 11.8 Å². The van der Waals surface area contributed by atoms with Gasteiger partial charge in [0.25, 0.3) is 5.91 Å². The van der Waals surface area contributed by atoms with Crippen molar-refractivity contribution in [2.75, 3.05) is 0 Å². The Morgan fingerprint density at radius 2 is 1.78 bits per heavy atom. The van der Waals surface area contributed by atoms with Crippen molar-refractivity contribution < 1.29 is 27.9 Å². The topological polar surface area (TPSA) is 71.3 Å². The van der Waals surface area contributed by atoms with E-state index in [0.717, 1.165) is 17.5 Å². The number of carboxylic acids is 1. The summed E-state index contributed by atoms with van der Waals surface area (Å²) in [6.07, 6.45) is -1.23. The normalized spacial score (nSPS) is 21.4. The molecule has 0 spiro atoms. The molecule has 1 aliphatic carbocycles. The highest BCUT2D eigenvalue weighted by Crippen LogP contribution is 2.37. The average molecular weight is 444 g/mol. The van der Waals surface area contributed by atoms with Gasteiger partial charge in [0.15, 0.2) is 0 Å². The molecule has 0 unspecified atom stereocenters. The maximum absolute atomic E-state index is 13.8. The van der Waals surface area contributed by atoms with Gasteiger partial charge < -0.3 is 15.0 Å². The van der Waals surface area contributed by atoms with Crippen molar-refractivity contribution in [3.8, 4) is 5.69 Å². The molecule has 5 nitrogen and oxygen atoms in total. The lowest BCUT2D eigenvalue weighted by Gasteiger charge is -2.36. The van der Waals surface area contributed by atoms with Crippen molar-refractivity contribution in [3.05, 3.63) is 65.9 Å². The largest absolute Gasteiger partial charge is 0.480 e. The number of hydrogen-bond acceptors (Lipinski definition) is 2. The number of para-hydroxylation sites is 1. The van der Waals surface area contributed by atoms with Gasteiger partial charge >= 0.3 is 12.1 Å². The lowest BCUT2D eigenvalue weighted by Crippen LogP contribution is -2.56. The molecular formula is C24H23F3N2O3. The van der Waals surface area contributed by atoms with Crippen molar-refractivity contribution in [2.45, 2.75) is 44.3 Å². The predicted molar refractivity (Wildman–Crippen MR) is 114 cm³/mol. The molecule has 3 aromatic rings. The maximum Gasteiger partial charge on any atom is 0.418 e. The third-order valence-corrected chi connectivity index (χ3v) is 6.31. The van der Waals surface area contributed by atoms with E-state index < -0.39 is 29.2 Å². The molecule has 4 rings (SSSR count). The minimum atomic E-state index is -4.63. The van der Waals surface area contributed by atoms with E-state index in [0.29, 0.717) is 24.3 Å². The smallest absolute Gasteiger partial charge is 0.418 e. The number of fused-ring (bicyclic) bond motifs is 1. The number of nitrogens with zero attached hydrogens (tertiary/aromatic N) is 1. The SMILES string of the molecule is CC1CCC(NC(=O)c2ccc(C(F)(F)F)c(-n3ccc4ccccc43)c2)(C(=O)O)CC1. The third kappa shape index (κ3) is 3.97. The molecule has 0 atom stereocenters. The minimum absolute atomic E-state index is 0.0231. The summed E-state index contributed by atoms with van der Waals surface area (Å²) < 4.78 is 42.7. The molecule has 0 bridgehead atoms. The highest BCUT2D eigenvalue weighted by atomic mass is 19.4. The van der Waals surface area contributed by atoms with Gasteiger partial charge in [-0.15, -0.1) is 0 Å². The predicted octanol–water partition coefficient (Wildman–Crippen LogP) is 5.41. The van der Waals surface area contributed by atoms with Gasteiger partial charge in [0.2, 0.25) is 0 Å². The highest BCUT2D eigenvalue weighted by Gasteiger charge is 2.43. The van der Waals surface area contributed by atoms with Crippen LogP contribution in [0.5, 0.6) is 0 Å². The Balaban J connectivity index is 1.75. The van der Waals surface area contributed by atoms with Gasteiger partial charge in [-0.3, -0.25) is 4.79 Å². The monoisotopic (exact) mass is 444 g/mol. The van der Waals surface area contributed by atoms with Crippen molar-refractivity contribution >= 4 is 22.8 Å². The summed E-state index contributed by atoms with van der Waals surface area (Å²) in [5.41, 5.74) is -1.93. The molecule has 1 aliphatic rings. The van der Waals surface area contributed by atoms with E-state index in [1.54, 1.807) is 30.3 Å². The molecule has 1 fully saturated rings. The Morgan fingerprint density at radius 1 is 1.09 bits per heavy atom. The quantitative estimate of drug-likeness (QED) is 0.565. The van der Waals surface area contributed by atoms with Gasteiger partial charge in [-0.05, 0) is 67.3 Å². The summed E-state index contributed by atoms with van der Waals surface area (Å²) in [4.78, 5) is 25.0. The second-order valence-electron chi connectivity index (χ2n) is 8.50. The first-order chi connectivity index (χ1) is 15.1. The van der Waals surface area contributed by atoms with E-state index in [2.05, 4.69) is 5.32 Å². The van der Waals surface area contributed by atoms with Crippen LogP contribution in [0.15, 0.2) is 54.7 Å². The van der Waals surface area contributed by atoms with Crippen LogP contribution >= 0.6 is 0 Å². The van der Waals surface area contributed by atoms with Crippen LogP contribution in [0, 0.1) is 5.92 Å². The number of aliphatic carboxylic acids is 1. The number of nitrogens with one attached hydrogen (secondary N) is 1. The minimum Gasteiger partial charge on any atom is -0.480 e. The van der Waals surface area contributed by atoms with Gasteiger partial charge in [-0.25, -0.2) is 4.79 Å². The molecule has 1 saturated carbocycles. The zero-order chi connectivity index (χ0) is 23.1. The Hall–Kier alpha value is -3.29. The van der Waals surface area contributed by atoms with Crippen molar-refractivity contribution in [2.24, 2.45) is 5.92 Å². The first kappa shape index (κ1) is 21.9. The summed E-state index contributed by atoms with van der Waals surface area (Å²) >= 11 is 0. The van der Waals surface area contributed by atoms with Gasteiger partial charge in [0.1, 0.15) is 5.54 Å². The van der Waals surface area contributed by atoms with Crippen LogP contribution in [-0.2, 0) is 11.0 Å². The number of carbonyl (C=O) groups excluding carboxylic acids is 1. The molecule has 8 heteroatoms. The fourth-order valence-corrected chi connectivity index (χ4v) is 4.34. The number of halogens is 3. The fraction of sp³-hybridized carbons (Fsp3) is 0.333. The molecule has 1 aromatic heterocycles. The van der Waals surface area contributed by atoms with E-state index in [4.69, 9.17) is 0 Å². The van der Waals surface area contributed by atoms with Crippen LogP contribution in [-0.4, -0.2) is 27.1 Å². The summed E-state index contributed by atoms with van der Waals surface area (Å²) in [5.74, 6) is -1.46. The Morgan fingerprint density at radius 3 is 2.44 bits per heavy atom. The lowest BCUT2D eigenvalue weighted by molar-refractivity contribution is -0.146. The average Bonchev–Trinajstić information content (AvgIpc) is 3.18. The number of hydrogen-bond donors (Lipinski definition) is 2. The number of rotatable bonds is 4. The summed E-state index contributed by atoms with van der Waals surface area (Å²) in [6.45, 7) is 2.02. The summed E-state index contributed by atoms with van der Waals surface area (Å²) in [5, 5.41) is 13.1. The van der Waals surface area contributed by atoms with E-state index in [-0.39, 0.29) is 24.1 Å². The van der Waals surface area contributed by atoms with Crippen molar-refractivity contribution in [1.82, 2.24) is 9.88 Å². The molecule has 1 heterocycles. The molecule has 168 valence electrons. The van der Waals surface area contributed by atoms with E-state index in [1.165, 1.54) is 16.8 Å². The first-order valence-electron chi connectivity index (χ1n) is 10.4. The van der Waals surface area contributed by atoms with Crippen LogP contribution < -0.4 is 5.32 Å². The third-order valence-electron chi connectivity index (χ3n) is 6.31. The zero-order valence-electron chi connectivity index (χ0n) is 17.4. The molecule has 0 radical (unpaired) electrons. The van der Waals surface area contributed by atoms with Crippen molar-refractivity contribution in [1.29, 1.82) is 0 Å². The molecule has 32 heavy (non-hydrogen) atoms. The molecule has 2 aromatic carbocycles. The van der Waals surface area contributed by atoms with E-state index in [9.17, 15) is 27.9 Å². The number of alkyl halides is 3. The van der Waals surface area contributed by atoms with Crippen LogP contribution in [0.1, 0.15) is 48.5 Å².